The monoisotopic (exact) mass is 240 g/mol. The van der Waals surface area contributed by atoms with Crippen LogP contribution in [0.15, 0.2) is 0 Å². The van der Waals surface area contributed by atoms with Gasteiger partial charge in [-0.15, -0.1) is 0 Å². The zero-order chi connectivity index (χ0) is 12.3. The third-order valence-corrected chi connectivity index (χ3v) is 4.04. The molecule has 0 aromatic carbocycles. The summed E-state index contributed by atoms with van der Waals surface area (Å²) in [6.07, 6.45) is 4.17. The molecule has 1 heterocycles. The van der Waals surface area contributed by atoms with E-state index in [2.05, 4.69) is 31.0 Å². The van der Waals surface area contributed by atoms with Gasteiger partial charge in [0.25, 0.3) is 0 Å². The second kappa shape index (κ2) is 6.17. The summed E-state index contributed by atoms with van der Waals surface area (Å²) < 4.78 is 5.58. The van der Waals surface area contributed by atoms with Crippen molar-refractivity contribution in [3.63, 3.8) is 0 Å². The van der Waals surface area contributed by atoms with Gasteiger partial charge in [-0.3, -0.25) is 4.90 Å². The van der Waals surface area contributed by atoms with Crippen LogP contribution in [0.2, 0.25) is 0 Å². The van der Waals surface area contributed by atoms with E-state index in [9.17, 15) is 0 Å². The Morgan fingerprint density at radius 1 is 1.29 bits per heavy atom. The number of ether oxygens (including phenoxy) is 1. The molecule has 3 nitrogen and oxygen atoms in total. The zero-order valence-corrected chi connectivity index (χ0v) is 11.6. The van der Waals surface area contributed by atoms with E-state index in [1.165, 1.54) is 32.4 Å². The van der Waals surface area contributed by atoms with Crippen LogP contribution in [0, 0.1) is 5.92 Å². The molecule has 0 aromatic rings. The van der Waals surface area contributed by atoms with Crippen LogP contribution >= 0.6 is 0 Å². The smallest absolute Gasteiger partial charge is 0.0622 e. The second-order valence-electron chi connectivity index (χ2n) is 5.89. The number of hydrogen-bond acceptors (Lipinski definition) is 3. The quantitative estimate of drug-likeness (QED) is 0.735. The van der Waals surface area contributed by atoms with Crippen LogP contribution in [-0.2, 0) is 4.74 Å². The van der Waals surface area contributed by atoms with Crippen molar-refractivity contribution in [3.8, 4) is 0 Å². The average Bonchev–Trinajstić information content (AvgIpc) is 3.05. The van der Waals surface area contributed by atoms with Crippen LogP contribution in [0.3, 0.4) is 0 Å². The van der Waals surface area contributed by atoms with E-state index in [-0.39, 0.29) is 0 Å². The molecule has 1 saturated heterocycles. The summed E-state index contributed by atoms with van der Waals surface area (Å²) in [4.78, 5) is 2.66. The minimum Gasteiger partial charge on any atom is -0.380 e. The van der Waals surface area contributed by atoms with Gasteiger partial charge in [0.2, 0.25) is 0 Å². The molecule has 1 aliphatic carbocycles. The van der Waals surface area contributed by atoms with E-state index >= 15 is 0 Å². The van der Waals surface area contributed by atoms with Gasteiger partial charge in [-0.25, -0.2) is 0 Å². The van der Waals surface area contributed by atoms with Crippen molar-refractivity contribution in [1.29, 1.82) is 0 Å². The molecule has 2 unspecified atom stereocenters. The van der Waals surface area contributed by atoms with Crippen molar-refractivity contribution in [3.05, 3.63) is 0 Å². The molecule has 0 spiro atoms. The SMILES string of the molecule is CCOCC(NC1CCN(C2CC2)C1)C(C)C. The molecule has 17 heavy (non-hydrogen) atoms. The number of nitrogens with zero attached hydrogens (tertiary/aromatic N) is 1. The third kappa shape index (κ3) is 3.94. The van der Waals surface area contributed by atoms with Crippen LogP contribution in [-0.4, -0.2) is 49.3 Å². The lowest BCUT2D eigenvalue weighted by molar-refractivity contribution is 0.103. The molecule has 2 aliphatic rings. The highest BCUT2D eigenvalue weighted by molar-refractivity contribution is 4.93. The predicted molar refractivity (Wildman–Crippen MR) is 71.3 cm³/mol. The zero-order valence-electron chi connectivity index (χ0n) is 11.6. The fourth-order valence-corrected chi connectivity index (χ4v) is 2.68. The van der Waals surface area contributed by atoms with Crippen LogP contribution in [0.4, 0.5) is 0 Å². The van der Waals surface area contributed by atoms with E-state index in [1.54, 1.807) is 0 Å². The second-order valence-corrected chi connectivity index (χ2v) is 5.89. The molecule has 0 bridgehead atoms. The van der Waals surface area contributed by atoms with Gasteiger partial charge in [0.1, 0.15) is 0 Å². The minimum atomic E-state index is 0.513. The molecule has 100 valence electrons. The summed E-state index contributed by atoms with van der Waals surface area (Å²) in [6.45, 7) is 10.9. The van der Waals surface area contributed by atoms with Crippen molar-refractivity contribution in [2.45, 2.75) is 58.2 Å². The highest BCUT2D eigenvalue weighted by Crippen LogP contribution is 2.30. The maximum Gasteiger partial charge on any atom is 0.0622 e. The summed E-state index contributed by atoms with van der Waals surface area (Å²) in [5.41, 5.74) is 0. The van der Waals surface area contributed by atoms with Gasteiger partial charge in [-0.05, 0) is 32.1 Å². The predicted octanol–water partition coefficient (Wildman–Crippen LogP) is 1.87. The van der Waals surface area contributed by atoms with Crippen LogP contribution < -0.4 is 5.32 Å². The normalized spacial score (nSPS) is 27.9. The molecule has 0 amide bonds. The van der Waals surface area contributed by atoms with E-state index in [0.717, 1.165) is 19.3 Å². The lowest BCUT2D eigenvalue weighted by Gasteiger charge is -2.26. The highest BCUT2D eigenvalue weighted by atomic mass is 16.5. The Bertz CT molecular complexity index is 228. The standard InChI is InChI=1S/C14H28N2O/c1-4-17-10-14(11(2)3)15-12-7-8-16(9-12)13-5-6-13/h11-15H,4-10H2,1-3H3. The number of nitrogens with one attached hydrogen (secondary N) is 1. The fourth-order valence-electron chi connectivity index (χ4n) is 2.68. The summed E-state index contributed by atoms with van der Waals surface area (Å²) in [6, 6.07) is 2.12. The van der Waals surface area contributed by atoms with E-state index < -0.39 is 0 Å². The Balaban J connectivity index is 1.73. The van der Waals surface area contributed by atoms with Gasteiger partial charge < -0.3 is 10.1 Å². The van der Waals surface area contributed by atoms with Crippen LogP contribution in [0.1, 0.15) is 40.0 Å². The molecule has 2 fully saturated rings. The first-order valence-electron chi connectivity index (χ1n) is 7.28. The largest absolute Gasteiger partial charge is 0.380 e. The Morgan fingerprint density at radius 3 is 2.65 bits per heavy atom. The van der Waals surface area contributed by atoms with Crippen molar-refractivity contribution in [1.82, 2.24) is 10.2 Å². The van der Waals surface area contributed by atoms with Gasteiger partial charge in [0.05, 0.1) is 6.61 Å². The van der Waals surface area contributed by atoms with E-state index in [1.807, 2.05) is 0 Å². The maximum atomic E-state index is 5.58. The Kier molecular flexibility index (Phi) is 4.83. The van der Waals surface area contributed by atoms with Gasteiger partial charge >= 0.3 is 0 Å². The summed E-state index contributed by atoms with van der Waals surface area (Å²) in [7, 11) is 0. The van der Waals surface area contributed by atoms with Crippen molar-refractivity contribution >= 4 is 0 Å². The van der Waals surface area contributed by atoms with Crippen LogP contribution in [0.5, 0.6) is 0 Å². The van der Waals surface area contributed by atoms with Crippen LogP contribution in [0.25, 0.3) is 0 Å². The number of rotatable bonds is 7. The van der Waals surface area contributed by atoms with Crippen molar-refractivity contribution in [2.24, 2.45) is 5.92 Å². The van der Waals surface area contributed by atoms with Gasteiger partial charge in [0, 0.05) is 37.8 Å². The lowest BCUT2D eigenvalue weighted by Crippen LogP contribution is -2.45. The molecule has 1 N–H and O–H groups in total. The molecule has 2 rings (SSSR count). The molecular weight excluding hydrogens is 212 g/mol. The first-order chi connectivity index (χ1) is 8.20. The molecule has 0 aromatic heterocycles. The molecular formula is C14H28N2O. The topological polar surface area (TPSA) is 24.5 Å². The number of likely N-dealkylation sites (tertiary alicyclic amines) is 1. The Labute approximate surface area is 106 Å². The van der Waals surface area contributed by atoms with Gasteiger partial charge in [0.15, 0.2) is 0 Å². The first kappa shape index (κ1) is 13.3. The molecule has 1 aliphatic heterocycles. The minimum absolute atomic E-state index is 0.513. The maximum absolute atomic E-state index is 5.58. The number of hydrogen-bond donors (Lipinski definition) is 1. The van der Waals surface area contributed by atoms with E-state index in [4.69, 9.17) is 4.74 Å². The lowest BCUT2D eigenvalue weighted by atomic mass is 10.0. The first-order valence-corrected chi connectivity index (χ1v) is 7.28. The van der Waals surface area contributed by atoms with Crippen molar-refractivity contribution < 1.29 is 4.74 Å². The Morgan fingerprint density at radius 2 is 2.06 bits per heavy atom. The highest BCUT2D eigenvalue weighted by Gasteiger charge is 2.35. The summed E-state index contributed by atoms with van der Waals surface area (Å²) in [5.74, 6) is 0.650. The molecule has 0 radical (unpaired) electrons. The molecule has 3 heteroatoms. The van der Waals surface area contributed by atoms with Crippen molar-refractivity contribution in [2.75, 3.05) is 26.3 Å². The van der Waals surface area contributed by atoms with E-state index in [0.29, 0.717) is 18.0 Å². The van der Waals surface area contributed by atoms with Gasteiger partial charge in [-0.1, -0.05) is 13.8 Å². The summed E-state index contributed by atoms with van der Waals surface area (Å²) >= 11 is 0. The Hall–Kier alpha value is -0.120. The fraction of sp³-hybridized carbons (Fsp3) is 1.00. The molecule has 2 atom stereocenters. The molecule has 1 saturated carbocycles. The third-order valence-electron chi connectivity index (χ3n) is 4.04. The van der Waals surface area contributed by atoms with Gasteiger partial charge in [-0.2, -0.15) is 0 Å². The summed E-state index contributed by atoms with van der Waals surface area (Å²) in [5, 5.41) is 3.80. The average molecular weight is 240 g/mol.